The highest BCUT2D eigenvalue weighted by Crippen LogP contribution is 2.29. The summed E-state index contributed by atoms with van der Waals surface area (Å²) in [5.74, 6) is -0.958. The molecular weight excluding hydrogens is 222 g/mol. The van der Waals surface area contributed by atoms with Crippen LogP contribution in [0.1, 0.15) is 48.5 Å². The summed E-state index contributed by atoms with van der Waals surface area (Å²) in [4.78, 5) is 10.9. The van der Waals surface area contributed by atoms with E-state index in [9.17, 15) is 9.90 Å². The van der Waals surface area contributed by atoms with E-state index in [2.05, 4.69) is 5.10 Å². The van der Waals surface area contributed by atoms with Gasteiger partial charge >= 0.3 is 5.97 Å². The van der Waals surface area contributed by atoms with E-state index >= 15 is 0 Å². The highest BCUT2D eigenvalue weighted by atomic mass is 16.4. The van der Waals surface area contributed by atoms with Crippen LogP contribution in [-0.2, 0) is 0 Å². The molecule has 1 aliphatic rings. The number of nitrogens with zero attached hydrogens (tertiary/aromatic N) is 2. The zero-order valence-electron chi connectivity index (χ0n) is 9.54. The minimum atomic E-state index is -1.09. The Morgan fingerprint density at radius 1 is 1.41 bits per heavy atom. The van der Waals surface area contributed by atoms with Gasteiger partial charge in [0, 0.05) is 0 Å². The topological polar surface area (TPSA) is 101 Å². The fraction of sp³-hybridized carbons (Fsp3) is 0.636. The Hall–Kier alpha value is -1.56. The Morgan fingerprint density at radius 2 is 2.12 bits per heavy atom. The molecule has 6 heteroatoms. The number of carbonyl (C=O) groups is 1. The Labute approximate surface area is 99.0 Å². The molecule has 1 saturated carbocycles. The highest BCUT2D eigenvalue weighted by molar-refractivity contribution is 5.92. The van der Waals surface area contributed by atoms with Gasteiger partial charge in [0.25, 0.3) is 0 Å². The van der Waals surface area contributed by atoms with Gasteiger partial charge in [-0.2, -0.15) is 5.10 Å². The number of rotatable bonds is 2. The van der Waals surface area contributed by atoms with Gasteiger partial charge in [0.2, 0.25) is 0 Å². The fourth-order valence-electron chi connectivity index (χ4n) is 2.35. The van der Waals surface area contributed by atoms with Gasteiger partial charge in [-0.15, -0.1) is 0 Å². The van der Waals surface area contributed by atoms with Crippen molar-refractivity contribution in [2.45, 2.75) is 44.2 Å². The normalized spacial score (nSPS) is 25.5. The number of anilines is 1. The molecule has 17 heavy (non-hydrogen) atoms. The van der Waals surface area contributed by atoms with Crippen LogP contribution in [0.15, 0.2) is 6.20 Å². The van der Waals surface area contributed by atoms with Gasteiger partial charge < -0.3 is 15.9 Å². The molecule has 1 aliphatic carbocycles. The van der Waals surface area contributed by atoms with Gasteiger partial charge in [0.1, 0.15) is 11.4 Å². The monoisotopic (exact) mass is 239 g/mol. The molecular formula is C11H17N3O3. The van der Waals surface area contributed by atoms with Crippen LogP contribution in [0, 0.1) is 0 Å². The number of aromatic carboxylic acids is 1. The van der Waals surface area contributed by atoms with Gasteiger partial charge in [-0.05, 0) is 12.8 Å². The van der Waals surface area contributed by atoms with Crippen LogP contribution in [0.25, 0.3) is 0 Å². The van der Waals surface area contributed by atoms with E-state index in [4.69, 9.17) is 10.8 Å². The van der Waals surface area contributed by atoms with Crippen LogP contribution in [0.4, 0.5) is 5.82 Å². The first-order chi connectivity index (χ1) is 8.11. The van der Waals surface area contributed by atoms with Crippen molar-refractivity contribution in [1.82, 2.24) is 9.78 Å². The van der Waals surface area contributed by atoms with E-state index in [1.54, 1.807) is 0 Å². The first-order valence-corrected chi connectivity index (χ1v) is 5.85. The number of aliphatic hydroxyl groups excluding tert-OH is 1. The van der Waals surface area contributed by atoms with Crippen molar-refractivity contribution in [3.63, 3.8) is 0 Å². The Bertz CT molecular complexity index is 416. The number of aliphatic hydroxyl groups is 1. The third-order valence-electron chi connectivity index (χ3n) is 3.32. The van der Waals surface area contributed by atoms with Crippen LogP contribution in [0.5, 0.6) is 0 Å². The lowest BCUT2D eigenvalue weighted by atomic mass is 10.1. The maximum absolute atomic E-state index is 10.9. The lowest BCUT2D eigenvalue weighted by Gasteiger charge is -2.21. The van der Waals surface area contributed by atoms with Gasteiger partial charge in [-0.25, -0.2) is 9.48 Å². The van der Waals surface area contributed by atoms with Gasteiger partial charge in [-0.3, -0.25) is 0 Å². The maximum atomic E-state index is 10.9. The Kier molecular flexibility index (Phi) is 3.33. The van der Waals surface area contributed by atoms with Crippen molar-refractivity contribution < 1.29 is 15.0 Å². The molecule has 0 aromatic carbocycles. The van der Waals surface area contributed by atoms with E-state index < -0.39 is 12.1 Å². The number of nitrogens with two attached hydrogens (primary N) is 1. The van der Waals surface area contributed by atoms with Crippen molar-refractivity contribution in [3.05, 3.63) is 11.8 Å². The number of hydrogen-bond acceptors (Lipinski definition) is 4. The number of aromatic nitrogens is 2. The van der Waals surface area contributed by atoms with Crippen molar-refractivity contribution in [1.29, 1.82) is 0 Å². The van der Waals surface area contributed by atoms with Crippen LogP contribution in [0.2, 0.25) is 0 Å². The van der Waals surface area contributed by atoms with E-state index in [-0.39, 0.29) is 17.4 Å². The first-order valence-electron chi connectivity index (χ1n) is 5.85. The summed E-state index contributed by atoms with van der Waals surface area (Å²) in [6.07, 6.45) is 5.32. The summed E-state index contributed by atoms with van der Waals surface area (Å²) in [7, 11) is 0. The molecule has 0 saturated heterocycles. The summed E-state index contributed by atoms with van der Waals surface area (Å²) < 4.78 is 1.46. The summed E-state index contributed by atoms with van der Waals surface area (Å²) in [6, 6.07) is -0.203. The van der Waals surface area contributed by atoms with E-state index in [0.29, 0.717) is 6.42 Å². The predicted molar refractivity (Wildman–Crippen MR) is 61.7 cm³/mol. The summed E-state index contributed by atoms with van der Waals surface area (Å²) >= 11 is 0. The third-order valence-corrected chi connectivity index (χ3v) is 3.32. The number of hydrogen-bond donors (Lipinski definition) is 3. The minimum absolute atomic E-state index is 0.00134. The molecule has 4 N–H and O–H groups in total. The lowest BCUT2D eigenvalue weighted by Crippen LogP contribution is -2.25. The summed E-state index contributed by atoms with van der Waals surface area (Å²) in [6.45, 7) is 0. The zero-order chi connectivity index (χ0) is 12.4. The molecule has 0 aliphatic heterocycles. The number of carboxylic acid groups (broad SMARTS) is 1. The Morgan fingerprint density at radius 3 is 2.76 bits per heavy atom. The molecule has 0 amide bonds. The Balaban J connectivity index is 2.29. The second kappa shape index (κ2) is 4.75. The summed E-state index contributed by atoms with van der Waals surface area (Å²) in [5.41, 5.74) is 5.76. The standard InChI is InChI=1S/C11H17N3O3/c12-10-7(11(16)17)6-13-14(10)8-4-2-1-3-5-9(8)15/h6,8-9,15H,1-5,12H2,(H,16,17). The van der Waals surface area contributed by atoms with Crippen molar-refractivity contribution in [3.8, 4) is 0 Å². The van der Waals surface area contributed by atoms with Crippen LogP contribution in [0.3, 0.4) is 0 Å². The molecule has 0 radical (unpaired) electrons. The fourth-order valence-corrected chi connectivity index (χ4v) is 2.35. The second-order valence-corrected chi connectivity index (χ2v) is 4.47. The van der Waals surface area contributed by atoms with Gasteiger partial charge in [0.15, 0.2) is 0 Å². The minimum Gasteiger partial charge on any atom is -0.477 e. The van der Waals surface area contributed by atoms with Crippen LogP contribution < -0.4 is 5.73 Å². The van der Waals surface area contributed by atoms with E-state index in [0.717, 1.165) is 25.7 Å². The SMILES string of the molecule is Nc1c(C(=O)O)cnn1C1CCCCCC1O. The zero-order valence-corrected chi connectivity index (χ0v) is 9.54. The summed E-state index contributed by atoms with van der Waals surface area (Å²) in [5, 5.41) is 22.9. The largest absolute Gasteiger partial charge is 0.477 e. The number of nitrogen functional groups attached to an aromatic ring is 1. The molecule has 6 nitrogen and oxygen atoms in total. The molecule has 1 heterocycles. The molecule has 1 fully saturated rings. The third kappa shape index (κ3) is 2.26. The quantitative estimate of drug-likeness (QED) is 0.669. The maximum Gasteiger partial charge on any atom is 0.341 e. The van der Waals surface area contributed by atoms with Crippen LogP contribution in [-0.4, -0.2) is 32.1 Å². The molecule has 0 bridgehead atoms. The molecule has 94 valence electrons. The molecule has 2 atom stereocenters. The average molecular weight is 239 g/mol. The van der Waals surface area contributed by atoms with Crippen LogP contribution >= 0.6 is 0 Å². The average Bonchev–Trinajstić information content (AvgIpc) is 2.52. The lowest BCUT2D eigenvalue weighted by molar-refractivity contribution is 0.0697. The molecule has 2 unspecified atom stereocenters. The van der Waals surface area contributed by atoms with Crippen molar-refractivity contribution in [2.24, 2.45) is 0 Å². The van der Waals surface area contributed by atoms with E-state index in [1.165, 1.54) is 10.9 Å². The molecule has 0 spiro atoms. The van der Waals surface area contributed by atoms with Crippen molar-refractivity contribution in [2.75, 3.05) is 5.73 Å². The molecule has 2 rings (SSSR count). The molecule has 1 aromatic rings. The predicted octanol–water partition coefficient (Wildman–Crippen LogP) is 1.03. The first kappa shape index (κ1) is 11.9. The van der Waals surface area contributed by atoms with E-state index in [1.807, 2.05) is 0 Å². The molecule has 1 aromatic heterocycles. The smallest absolute Gasteiger partial charge is 0.341 e. The highest BCUT2D eigenvalue weighted by Gasteiger charge is 2.27. The van der Waals surface area contributed by atoms with Gasteiger partial charge in [-0.1, -0.05) is 19.3 Å². The number of carboxylic acids is 1. The van der Waals surface area contributed by atoms with Crippen molar-refractivity contribution >= 4 is 11.8 Å². The van der Waals surface area contributed by atoms with Gasteiger partial charge in [0.05, 0.1) is 18.3 Å². The second-order valence-electron chi connectivity index (χ2n) is 4.47.